The number of benzene rings is 1. The molecule has 0 radical (unpaired) electrons. The summed E-state index contributed by atoms with van der Waals surface area (Å²) < 4.78 is 49.3. The molecule has 6 heteroatoms. The van der Waals surface area contributed by atoms with E-state index in [0.29, 0.717) is 6.07 Å². The van der Waals surface area contributed by atoms with Gasteiger partial charge in [0.05, 0.1) is 17.7 Å². The zero-order valence-corrected chi connectivity index (χ0v) is 9.26. The van der Waals surface area contributed by atoms with Crippen LogP contribution in [0.15, 0.2) is 23.1 Å². The van der Waals surface area contributed by atoms with Crippen LogP contribution in [0.3, 0.4) is 0 Å². The summed E-state index contributed by atoms with van der Waals surface area (Å²) in [5, 5.41) is 7.38. The van der Waals surface area contributed by atoms with Crippen molar-refractivity contribution in [2.45, 2.75) is 23.5 Å². The van der Waals surface area contributed by atoms with Gasteiger partial charge in [-0.2, -0.15) is 5.26 Å². The van der Waals surface area contributed by atoms with E-state index in [9.17, 15) is 17.2 Å². The molecule has 1 aromatic carbocycles. The van der Waals surface area contributed by atoms with E-state index in [-0.39, 0.29) is 6.42 Å². The summed E-state index contributed by atoms with van der Waals surface area (Å²) in [5.74, 6) is -1.98. The number of nitriles is 1. The van der Waals surface area contributed by atoms with Crippen LogP contribution in [0.1, 0.15) is 13.3 Å². The lowest BCUT2D eigenvalue weighted by Crippen LogP contribution is -2.18. The lowest BCUT2D eigenvalue weighted by Gasteiger charge is -2.10. The average molecular weight is 245 g/mol. The van der Waals surface area contributed by atoms with Crippen molar-refractivity contribution in [3.05, 3.63) is 29.8 Å². The Balaban J connectivity index is 3.23. The highest BCUT2D eigenvalue weighted by atomic mass is 32.2. The Hall–Kier alpha value is -1.48. The van der Waals surface area contributed by atoms with Gasteiger partial charge in [-0.25, -0.2) is 17.2 Å². The minimum absolute atomic E-state index is 0.237. The van der Waals surface area contributed by atoms with Gasteiger partial charge in [0.1, 0.15) is 16.5 Å². The lowest BCUT2D eigenvalue weighted by molar-refractivity contribution is 0.544. The summed E-state index contributed by atoms with van der Waals surface area (Å²) >= 11 is 0. The fourth-order valence-electron chi connectivity index (χ4n) is 1.16. The molecule has 86 valence electrons. The van der Waals surface area contributed by atoms with Crippen molar-refractivity contribution in [3.8, 4) is 6.07 Å². The summed E-state index contributed by atoms with van der Waals surface area (Å²) in [4.78, 5) is -0.573. The highest BCUT2D eigenvalue weighted by Gasteiger charge is 2.26. The van der Waals surface area contributed by atoms with Crippen LogP contribution in [0, 0.1) is 23.0 Å². The molecule has 1 unspecified atom stereocenters. The van der Waals surface area contributed by atoms with Crippen LogP contribution in [0.5, 0.6) is 0 Å². The van der Waals surface area contributed by atoms with Crippen molar-refractivity contribution in [3.63, 3.8) is 0 Å². The van der Waals surface area contributed by atoms with Gasteiger partial charge >= 0.3 is 0 Å². The maximum atomic E-state index is 13.2. The van der Waals surface area contributed by atoms with Crippen LogP contribution >= 0.6 is 0 Å². The van der Waals surface area contributed by atoms with Gasteiger partial charge in [0.25, 0.3) is 0 Å². The third-order valence-electron chi connectivity index (χ3n) is 2.11. The predicted octanol–water partition coefficient (Wildman–Crippen LogP) is 2.04. The quantitative estimate of drug-likeness (QED) is 0.766. The monoisotopic (exact) mass is 245 g/mol. The summed E-state index contributed by atoms with van der Waals surface area (Å²) in [6, 6.07) is 3.94. The average Bonchev–Trinajstić information content (AvgIpc) is 2.17. The van der Waals surface area contributed by atoms with Crippen LogP contribution in [-0.2, 0) is 9.84 Å². The standard InChI is InChI=1S/C10H9F2NO2S/c1-7(4-5-13)16(14,15)10-3-2-8(11)6-9(10)12/h2-3,6-7H,4H2,1H3. The van der Waals surface area contributed by atoms with Crippen LogP contribution < -0.4 is 0 Å². The minimum atomic E-state index is -3.91. The zero-order chi connectivity index (χ0) is 12.3. The summed E-state index contributed by atoms with van der Waals surface area (Å²) in [5.41, 5.74) is 0. The molecular formula is C10H9F2NO2S. The molecular weight excluding hydrogens is 236 g/mol. The van der Waals surface area contributed by atoms with Crippen LogP contribution in [0.4, 0.5) is 8.78 Å². The molecule has 0 aromatic heterocycles. The number of rotatable bonds is 3. The van der Waals surface area contributed by atoms with Gasteiger partial charge in [0, 0.05) is 6.07 Å². The number of halogens is 2. The SMILES string of the molecule is CC(CC#N)S(=O)(=O)c1ccc(F)cc1F. The van der Waals surface area contributed by atoms with Crippen molar-refractivity contribution in [2.24, 2.45) is 0 Å². The molecule has 1 aromatic rings. The molecule has 0 heterocycles. The van der Waals surface area contributed by atoms with Gasteiger partial charge in [-0.1, -0.05) is 0 Å². The van der Waals surface area contributed by atoms with E-state index in [1.165, 1.54) is 6.92 Å². The van der Waals surface area contributed by atoms with Crippen molar-refractivity contribution in [1.82, 2.24) is 0 Å². The minimum Gasteiger partial charge on any atom is -0.223 e. The van der Waals surface area contributed by atoms with Crippen molar-refractivity contribution >= 4 is 9.84 Å². The van der Waals surface area contributed by atoms with Gasteiger partial charge in [-0.15, -0.1) is 0 Å². The second-order valence-corrected chi connectivity index (χ2v) is 5.63. The number of nitrogens with zero attached hydrogens (tertiary/aromatic N) is 1. The molecule has 0 N–H and O–H groups in total. The van der Waals surface area contributed by atoms with Gasteiger partial charge < -0.3 is 0 Å². The van der Waals surface area contributed by atoms with Crippen molar-refractivity contribution in [1.29, 1.82) is 5.26 Å². The first-order valence-corrected chi connectivity index (χ1v) is 6.00. The Morgan fingerprint density at radius 3 is 2.56 bits per heavy atom. The van der Waals surface area contributed by atoms with E-state index < -0.39 is 31.6 Å². The Bertz CT molecular complexity index is 534. The second kappa shape index (κ2) is 4.58. The smallest absolute Gasteiger partial charge is 0.184 e. The summed E-state index contributed by atoms with van der Waals surface area (Å²) in [6.07, 6.45) is -0.237. The largest absolute Gasteiger partial charge is 0.223 e. The molecule has 16 heavy (non-hydrogen) atoms. The van der Waals surface area contributed by atoms with E-state index in [1.807, 2.05) is 0 Å². The van der Waals surface area contributed by atoms with Crippen LogP contribution in [0.25, 0.3) is 0 Å². The van der Waals surface area contributed by atoms with E-state index in [2.05, 4.69) is 0 Å². The third-order valence-corrected chi connectivity index (χ3v) is 4.28. The Morgan fingerprint density at radius 2 is 2.06 bits per heavy atom. The Kier molecular flexibility index (Phi) is 3.60. The van der Waals surface area contributed by atoms with Gasteiger partial charge in [-0.05, 0) is 19.1 Å². The Labute approximate surface area is 92.2 Å². The van der Waals surface area contributed by atoms with Crippen molar-refractivity contribution in [2.75, 3.05) is 0 Å². The number of sulfone groups is 1. The molecule has 0 amide bonds. The highest BCUT2D eigenvalue weighted by molar-refractivity contribution is 7.92. The molecule has 0 bridgehead atoms. The molecule has 0 saturated heterocycles. The van der Waals surface area contributed by atoms with E-state index in [4.69, 9.17) is 5.26 Å². The molecule has 3 nitrogen and oxygen atoms in total. The molecule has 0 aliphatic rings. The van der Waals surface area contributed by atoms with Crippen LogP contribution in [0.2, 0.25) is 0 Å². The first kappa shape index (κ1) is 12.6. The van der Waals surface area contributed by atoms with E-state index in [1.54, 1.807) is 6.07 Å². The van der Waals surface area contributed by atoms with Gasteiger partial charge in [-0.3, -0.25) is 0 Å². The molecule has 0 spiro atoms. The second-order valence-electron chi connectivity index (χ2n) is 3.29. The van der Waals surface area contributed by atoms with Crippen molar-refractivity contribution < 1.29 is 17.2 Å². The number of hydrogen-bond acceptors (Lipinski definition) is 3. The van der Waals surface area contributed by atoms with E-state index in [0.717, 1.165) is 12.1 Å². The zero-order valence-electron chi connectivity index (χ0n) is 8.44. The number of hydrogen-bond donors (Lipinski definition) is 0. The first-order chi connectivity index (χ1) is 7.39. The molecule has 0 saturated carbocycles. The normalized spacial score (nSPS) is 13.1. The predicted molar refractivity (Wildman–Crippen MR) is 53.2 cm³/mol. The maximum absolute atomic E-state index is 13.2. The van der Waals surface area contributed by atoms with E-state index >= 15 is 0 Å². The topological polar surface area (TPSA) is 57.9 Å². The van der Waals surface area contributed by atoms with Crippen LogP contribution in [-0.4, -0.2) is 13.7 Å². The molecule has 0 fully saturated rings. The van der Waals surface area contributed by atoms with Gasteiger partial charge in [0.2, 0.25) is 0 Å². The summed E-state index contributed by atoms with van der Waals surface area (Å²) in [7, 11) is -3.91. The fourth-order valence-corrected chi connectivity index (χ4v) is 2.48. The first-order valence-electron chi connectivity index (χ1n) is 4.45. The molecule has 0 aliphatic carbocycles. The summed E-state index contributed by atoms with van der Waals surface area (Å²) in [6.45, 7) is 1.31. The Morgan fingerprint density at radius 1 is 1.44 bits per heavy atom. The highest BCUT2D eigenvalue weighted by Crippen LogP contribution is 2.21. The lowest BCUT2D eigenvalue weighted by atomic mass is 10.3. The third kappa shape index (κ3) is 2.36. The molecule has 1 atom stereocenters. The fraction of sp³-hybridized carbons (Fsp3) is 0.300. The maximum Gasteiger partial charge on any atom is 0.184 e. The molecule has 0 aliphatic heterocycles. The van der Waals surface area contributed by atoms with Gasteiger partial charge in [0.15, 0.2) is 9.84 Å². The molecule has 1 rings (SSSR count).